The normalized spacial score (nSPS) is 25.6. The van der Waals surface area contributed by atoms with E-state index < -0.39 is 6.09 Å². The van der Waals surface area contributed by atoms with Crippen LogP contribution in [0.5, 0.6) is 5.88 Å². The van der Waals surface area contributed by atoms with Gasteiger partial charge in [0.2, 0.25) is 5.88 Å². The van der Waals surface area contributed by atoms with Gasteiger partial charge in [-0.1, -0.05) is 0 Å². The Labute approximate surface area is 168 Å². The van der Waals surface area contributed by atoms with Crippen LogP contribution in [0.25, 0.3) is 0 Å². The maximum absolute atomic E-state index is 11.4. The molecular weight excluding hydrogens is 374 g/mol. The number of amides is 1. The summed E-state index contributed by atoms with van der Waals surface area (Å²) in [6.45, 7) is 4.61. The molecule has 0 aromatic carbocycles. The summed E-state index contributed by atoms with van der Waals surface area (Å²) in [5.74, 6) is 1.37. The van der Waals surface area contributed by atoms with Crippen molar-refractivity contribution in [2.75, 3.05) is 37.7 Å². The maximum atomic E-state index is 11.4. The zero-order chi connectivity index (χ0) is 20.0. The van der Waals surface area contributed by atoms with Crippen LogP contribution in [0.1, 0.15) is 11.3 Å². The van der Waals surface area contributed by atoms with Crippen molar-refractivity contribution < 1.29 is 19.4 Å². The number of ether oxygens (including phenoxy) is 2. The molecule has 9 nitrogen and oxygen atoms in total. The molecule has 2 fully saturated rings. The van der Waals surface area contributed by atoms with Gasteiger partial charge < -0.3 is 24.4 Å². The maximum Gasteiger partial charge on any atom is 0.407 e. The number of aromatic nitrogens is 3. The highest BCUT2D eigenvalue weighted by Crippen LogP contribution is 2.37. The van der Waals surface area contributed by atoms with Crippen molar-refractivity contribution in [3.8, 4) is 5.88 Å². The zero-order valence-corrected chi connectivity index (χ0v) is 16.2. The van der Waals surface area contributed by atoms with Gasteiger partial charge in [-0.2, -0.15) is 0 Å². The molecule has 9 heteroatoms. The van der Waals surface area contributed by atoms with E-state index in [1.807, 2.05) is 19.2 Å². The number of hydrogen-bond donors (Lipinski definition) is 1. The third-order valence-corrected chi connectivity index (χ3v) is 6.02. The van der Waals surface area contributed by atoms with Crippen LogP contribution in [-0.2, 0) is 11.2 Å². The predicted molar refractivity (Wildman–Crippen MR) is 104 cm³/mol. The highest BCUT2D eigenvalue weighted by molar-refractivity contribution is 5.68. The van der Waals surface area contributed by atoms with Gasteiger partial charge in [0.1, 0.15) is 18.2 Å². The van der Waals surface area contributed by atoms with Crippen molar-refractivity contribution in [1.29, 1.82) is 0 Å². The monoisotopic (exact) mass is 397 g/mol. The lowest BCUT2D eigenvalue weighted by Crippen LogP contribution is -2.58. The molecule has 29 heavy (non-hydrogen) atoms. The lowest BCUT2D eigenvalue weighted by atomic mass is 9.84. The van der Waals surface area contributed by atoms with E-state index in [-0.39, 0.29) is 17.9 Å². The van der Waals surface area contributed by atoms with Crippen LogP contribution >= 0.6 is 0 Å². The number of hydrogen-bond acceptors (Lipinski definition) is 7. The van der Waals surface area contributed by atoms with Gasteiger partial charge in [-0.25, -0.2) is 14.8 Å². The lowest BCUT2D eigenvalue weighted by molar-refractivity contribution is -0.108. The molecule has 2 unspecified atom stereocenters. The van der Waals surface area contributed by atoms with Crippen LogP contribution in [0.4, 0.5) is 16.3 Å². The zero-order valence-electron chi connectivity index (χ0n) is 16.2. The standard InChI is InChI=1S/C20H23N5O4/c1-12-18(25-6-4-15-16(25)3-2-5-21-15)22-11-23-19(12)29-17-13-7-24(20(26)27)8-14(17)10-28-9-13/h2-3,5,11,13-14,17H,4,6-10H2,1H3,(H,26,27). The van der Waals surface area contributed by atoms with Crippen LogP contribution in [0.15, 0.2) is 24.7 Å². The van der Waals surface area contributed by atoms with Crippen molar-refractivity contribution in [3.63, 3.8) is 0 Å². The van der Waals surface area contributed by atoms with E-state index in [0.29, 0.717) is 32.2 Å². The van der Waals surface area contributed by atoms with Gasteiger partial charge in [0.15, 0.2) is 0 Å². The first-order valence-electron chi connectivity index (χ1n) is 9.87. The Balaban J connectivity index is 1.41. The van der Waals surface area contributed by atoms with E-state index in [1.165, 1.54) is 11.2 Å². The number of nitrogens with zero attached hydrogens (tertiary/aromatic N) is 5. The molecular formula is C20H23N5O4. The molecule has 0 spiro atoms. The fourth-order valence-electron chi connectivity index (χ4n) is 4.62. The quantitative estimate of drug-likeness (QED) is 0.838. The molecule has 152 valence electrons. The largest absolute Gasteiger partial charge is 0.473 e. The van der Waals surface area contributed by atoms with Crippen molar-refractivity contribution in [2.24, 2.45) is 11.8 Å². The first kappa shape index (κ1) is 18.1. The Kier molecular flexibility index (Phi) is 4.46. The Bertz CT molecular complexity index is 925. The molecule has 1 N–H and O–H groups in total. The van der Waals surface area contributed by atoms with Gasteiger partial charge >= 0.3 is 6.09 Å². The van der Waals surface area contributed by atoms with Crippen molar-refractivity contribution in [2.45, 2.75) is 19.4 Å². The Morgan fingerprint density at radius 1 is 1.24 bits per heavy atom. The number of carboxylic acid groups (broad SMARTS) is 1. The van der Waals surface area contributed by atoms with Gasteiger partial charge in [-0.3, -0.25) is 4.98 Å². The summed E-state index contributed by atoms with van der Waals surface area (Å²) in [4.78, 5) is 28.4. The molecule has 2 aromatic rings. The predicted octanol–water partition coefficient (Wildman–Crippen LogP) is 1.88. The summed E-state index contributed by atoms with van der Waals surface area (Å²) in [5.41, 5.74) is 3.02. The highest BCUT2D eigenvalue weighted by atomic mass is 16.5. The van der Waals surface area contributed by atoms with E-state index in [2.05, 4.69) is 25.9 Å². The van der Waals surface area contributed by atoms with Gasteiger partial charge in [-0.15, -0.1) is 0 Å². The summed E-state index contributed by atoms with van der Waals surface area (Å²) in [5, 5.41) is 9.36. The second-order valence-corrected chi connectivity index (χ2v) is 7.83. The van der Waals surface area contributed by atoms with E-state index in [9.17, 15) is 9.90 Å². The molecule has 2 atom stereocenters. The second-order valence-electron chi connectivity index (χ2n) is 7.83. The summed E-state index contributed by atoms with van der Waals surface area (Å²) in [7, 11) is 0. The number of carbonyl (C=O) groups is 1. The Hall–Kier alpha value is -2.94. The fraction of sp³-hybridized carbons (Fsp3) is 0.500. The van der Waals surface area contributed by atoms with E-state index >= 15 is 0 Å². The first-order valence-corrected chi connectivity index (χ1v) is 9.87. The summed E-state index contributed by atoms with van der Waals surface area (Å²) < 4.78 is 12.0. The molecule has 1 amide bonds. The number of rotatable bonds is 3. The minimum Gasteiger partial charge on any atom is -0.473 e. The lowest BCUT2D eigenvalue weighted by Gasteiger charge is -2.45. The molecule has 0 aliphatic carbocycles. The van der Waals surface area contributed by atoms with Crippen LogP contribution < -0.4 is 9.64 Å². The number of pyridine rings is 1. The minimum absolute atomic E-state index is 0.00636. The Morgan fingerprint density at radius 2 is 2.03 bits per heavy atom. The average Bonchev–Trinajstić information content (AvgIpc) is 3.13. The number of anilines is 2. The van der Waals surface area contributed by atoms with E-state index in [1.54, 1.807) is 0 Å². The second kappa shape index (κ2) is 7.14. The Morgan fingerprint density at radius 3 is 2.79 bits per heavy atom. The van der Waals surface area contributed by atoms with E-state index in [4.69, 9.17) is 9.47 Å². The van der Waals surface area contributed by atoms with E-state index in [0.717, 1.165) is 35.7 Å². The van der Waals surface area contributed by atoms with Crippen LogP contribution in [-0.4, -0.2) is 70.0 Å². The number of fused-ring (bicyclic) bond motifs is 3. The van der Waals surface area contributed by atoms with Crippen LogP contribution in [0.3, 0.4) is 0 Å². The molecule has 3 aliphatic rings. The fourth-order valence-corrected chi connectivity index (χ4v) is 4.62. The van der Waals surface area contributed by atoms with Gasteiger partial charge in [0.05, 0.1) is 30.2 Å². The van der Waals surface area contributed by atoms with Gasteiger partial charge in [0, 0.05) is 44.1 Å². The average molecular weight is 397 g/mol. The minimum atomic E-state index is -0.887. The number of likely N-dealkylation sites (tertiary alicyclic amines) is 1. The molecule has 5 heterocycles. The smallest absolute Gasteiger partial charge is 0.407 e. The number of piperidine rings is 1. The van der Waals surface area contributed by atoms with Crippen molar-refractivity contribution >= 4 is 17.6 Å². The highest BCUT2D eigenvalue weighted by Gasteiger charge is 2.44. The first-order chi connectivity index (χ1) is 14.1. The van der Waals surface area contributed by atoms with Crippen molar-refractivity contribution in [3.05, 3.63) is 35.9 Å². The van der Waals surface area contributed by atoms with Crippen LogP contribution in [0, 0.1) is 18.8 Å². The SMILES string of the molecule is Cc1c(OC2C3COCC2CN(C(=O)O)C3)ncnc1N1CCc2ncccc21. The summed E-state index contributed by atoms with van der Waals surface area (Å²) in [6, 6.07) is 3.99. The van der Waals surface area contributed by atoms with Crippen molar-refractivity contribution in [1.82, 2.24) is 19.9 Å². The van der Waals surface area contributed by atoms with Gasteiger partial charge in [0.25, 0.3) is 0 Å². The third kappa shape index (κ3) is 3.15. The molecule has 2 saturated heterocycles. The molecule has 2 bridgehead atoms. The molecule has 0 radical (unpaired) electrons. The molecule has 3 aliphatic heterocycles. The summed E-state index contributed by atoms with van der Waals surface area (Å²) >= 11 is 0. The molecule has 0 saturated carbocycles. The third-order valence-electron chi connectivity index (χ3n) is 6.02. The van der Waals surface area contributed by atoms with Gasteiger partial charge in [-0.05, 0) is 19.1 Å². The van der Waals surface area contributed by atoms with Crippen LogP contribution in [0.2, 0.25) is 0 Å². The summed E-state index contributed by atoms with van der Waals surface area (Å²) in [6.07, 6.45) is 3.22. The topological polar surface area (TPSA) is 101 Å². The molecule has 5 rings (SSSR count). The molecule has 2 aromatic heterocycles.